The zero-order valence-corrected chi connectivity index (χ0v) is 18.2. The van der Waals surface area contributed by atoms with Gasteiger partial charge in [-0.1, -0.05) is 19.1 Å². The lowest BCUT2D eigenvalue weighted by Crippen LogP contribution is -2.42. The molecule has 4 aliphatic rings. The predicted molar refractivity (Wildman–Crippen MR) is 119 cm³/mol. The number of alkyl halides is 1. The van der Waals surface area contributed by atoms with Crippen molar-refractivity contribution in [2.45, 2.75) is 61.8 Å². The van der Waals surface area contributed by atoms with Crippen LogP contribution in [-0.4, -0.2) is 34.7 Å². The molecule has 1 aromatic carbocycles. The lowest BCUT2D eigenvalue weighted by atomic mass is 9.74. The van der Waals surface area contributed by atoms with Crippen molar-refractivity contribution in [3.63, 3.8) is 0 Å². The van der Waals surface area contributed by atoms with E-state index in [0.717, 1.165) is 56.0 Å². The molecule has 1 spiro atoms. The topological polar surface area (TPSA) is 61.3 Å². The third-order valence-corrected chi connectivity index (χ3v) is 8.40. The number of hydrogen-bond donors (Lipinski definition) is 2. The number of nitrogens with zero attached hydrogens (tertiary/aromatic N) is 3. The van der Waals surface area contributed by atoms with Crippen molar-refractivity contribution in [3.8, 4) is 0 Å². The Kier molecular flexibility index (Phi) is 4.38. The average molecular weight is 425 g/mol. The van der Waals surface area contributed by atoms with E-state index in [1.165, 1.54) is 29.7 Å². The highest BCUT2D eigenvalue weighted by Crippen LogP contribution is 2.53. The number of aliphatic hydroxyl groups excluding tert-OH is 1. The van der Waals surface area contributed by atoms with Crippen LogP contribution in [0.4, 0.5) is 11.5 Å². The van der Waals surface area contributed by atoms with Crippen LogP contribution in [0.3, 0.4) is 0 Å². The van der Waals surface area contributed by atoms with Gasteiger partial charge >= 0.3 is 0 Å². The molecule has 158 valence electrons. The zero-order valence-electron chi connectivity index (χ0n) is 17.4. The molecule has 2 N–H and O–H groups in total. The second-order valence-corrected chi connectivity index (χ2v) is 10.3. The minimum absolute atomic E-state index is 0.126. The van der Waals surface area contributed by atoms with Gasteiger partial charge in [0.25, 0.3) is 0 Å². The van der Waals surface area contributed by atoms with Gasteiger partial charge in [0.2, 0.25) is 0 Å². The molecule has 30 heavy (non-hydrogen) atoms. The van der Waals surface area contributed by atoms with Crippen molar-refractivity contribution in [2.75, 3.05) is 24.5 Å². The van der Waals surface area contributed by atoms with Crippen molar-refractivity contribution in [1.29, 1.82) is 0 Å². The Balaban J connectivity index is 1.48. The smallest absolute Gasteiger partial charge is 0.140 e. The highest BCUT2D eigenvalue weighted by atomic mass is 35.5. The van der Waals surface area contributed by atoms with Gasteiger partial charge in [0.1, 0.15) is 12.1 Å². The van der Waals surface area contributed by atoms with Crippen LogP contribution in [0, 0.1) is 5.92 Å². The van der Waals surface area contributed by atoms with Crippen molar-refractivity contribution < 1.29 is 5.11 Å². The number of benzene rings is 1. The second kappa shape index (κ2) is 6.91. The number of piperidine rings is 1. The number of anilines is 2. The number of hydrogen-bond acceptors (Lipinski definition) is 5. The maximum absolute atomic E-state index is 10.5. The minimum Gasteiger partial charge on any atom is -0.387 e. The van der Waals surface area contributed by atoms with Crippen molar-refractivity contribution in [3.05, 3.63) is 46.9 Å². The molecule has 1 aromatic heterocycles. The van der Waals surface area contributed by atoms with E-state index in [2.05, 4.69) is 40.3 Å². The summed E-state index contributed by atoms with van der Waals surface area (Å²) in [5.74, 6) is 1.89. The van der Waals surface area contributed by atoms with Gasteiger partial charge in [-0.2, -0.15) is 0 Å². The van der Waals surface area contributed by atoms with E-state index >= 15 is 0 Å². The number of aliphatic hydroxyl groups is 1. The normalized spacial score (nSPS) is 27.9. The molecule has 1 saturated carbocycles. The standard InChI is InChI=1S/C24H29ClN4O/c1-14-10-19(30)22-20(14)23(28-13-27-22)29-12-24(6-8-26-9-7-24)17-11-16(4-5-18(17)29)21(25)15-2-3-15/h4-5,11,13-15,19,21,26,30H,2-3,6-10,12H2,1H3/t14-,19-,21?/m1/s1. The fourth-order valence-corrected chi connectivity index (χ4v) is 6.35. The summed E-state index contributed by atoms with van der Waals surface area (Å²) in [5.41, 5.74) is 6.04. The van der Waals surface area contributed by atoms with Gasteiger partial charge in [-0.15, -0.1) is 11.6 Å². The Morgan fingerprint density at radius 2 is 2.03 bits per heavy atom. The van der Waals surface area contributed by atoms with E-state index in [1.807, 2.05) is 0 Å². The molecule has 3 heterocycles. The first kappa shape index (κ1) is 19.0. The van der Waals surface area contributed by atoms with Gasteiger partial charge in [-0.25, -0.2) is 9.97 Å². The largest absolute Gasteiger partial charge is 0.387 e. The summed E-state index contributed by atoms with van der Waals surface area (Å²) in [6.07, 6.45) is 6.62. The molecule has 6 rings (SSSR count). The molecule has 0 bridgehead atoms. The summed E-state index contributed by atoms with van der Waals surface area (Å²) >= 11 is 6.82. The van der Waals surface area contributed by atoms with Crippen molar-refractivity contribution in [1.82, 2.24) is 15.3 Å². The molecule has 2 aliphatic carbocycles. The maximum atomic E-state index is 10.5. The van der Waals surface area contributed by atoms with Crippen LogP contribution in [0.25, 0.3) is 0 Å². The minimum atomic E-state index is -0.482. The van der Waals surface area contributed by atoms with Crippen LogP contribution in [-0.2, 0) is 5.41 Å². The molecule has 1 unspecified atom stereocenters. The molecule has 1 saturated heterocycles. The number of fused-ring (bicyclic) bond motifs is 3. The molecule has 5 nitrogen and oxygen atoms in total. The van der Waals surface area contributed by atoms with E-state index in [0.29, 0.717) is 5.92 Å². The molecule has 0 amide bonds. The highest BCUT2D eigenvalue weighted by Gasteiger charge is 2.46. The first-order chi connectivity index (χ1) is 14.6. The first-order valence-corrected chi connectivity index (χ1v) is 11.8. The van der Waals surface area contributed by atoms with Gasteiger partial charge in [-0.3, -0.25) is 0 Å². The summed E-state index contributed by atoms with van der Waals surface area (Å²) in [6.45, 7) is 5.20. The van der Waals surface area contributed by atoms with Gasteiger partial charge in [0, 0.05) is 23.2 Å². The van der Waals surface area contributed by atoms with Crippen LogP contribution < -0.4 is 10.2 Å². The van der Waals surface area contributed by atoms with Crippen molar-refractivity contribution in [2.24, 2.45) is 5.92 Å². The summed E-state index contributed by atoms with van der Waals surface area (Å²) in [7, 11) is 0. The molecule has 3 atom stereocenters. The molecule has 0 radical (unpaired) electrons. The summed E-state index contributed by atoms with van der Waals surface area (Å²) in [4.78, 5) is 11.6. The molecule has 2 aromatic rings. The number of halogens is 1. The fraction of sp³-hybridized carbons (Fsp3) is 0.583. The second-order valence-electron chi connectivity index (χ2n) is 9.78. The third kappa shape index (κ3) is 2.82. The lowest BCUT2D eigenvalue weighted by molar-refractivity contribution is 0.170. The number of aromatic nitrogens is 2. The maximum Gasteiger partial charge on any atom is 0.140 e. The Morgan fingerprint density at radius 3 is 2.80 bits per heavy atom. The van der Waals surface area contributed by atoms with Gasteiger partial charge in [0.15, 0.2) is 0 Å². The monoisotopic (exact) mass is 424 g/mol. The Hall–Kier alpha value is -1.69. The third-order valence-electron chi connectivity index (χ3n) is 7.79. The van der Waals surface area contributed by atoms with E-state index in [-0.39, 0.29) is 16.7 Å². The molecule has 2 aliphatic heterocycles. The predicted octanol–water partition coefficient (Wildman–Crippen LogP) is 4.48. The SMILES string of the molecule is C[C@@H]1C[C@@H](O)c2ncnc(N3CC4(CCNCC4)c4cc(C(Cl)C5CC5)ccc43)c21. The molecular weight excluding hydrogens is 396 g/mol. The quantitative estimate of drug-likeness (QED) is 0.711. The first-order valence-electron chi connectivity index (χ1n) is 11.4. The Bertz CT molecular complexity index is 985. The number of rotatable bonds is 3. The zero-order chi connectivity index (χ0) is 20.5. The summed E-state index contributed by atoms with van der Waals surface area (Å²) in [5, 5.41) is 14.1. The van der Waals surface area contributed by atoms with Gasteiger partial charge < -0.3 is 15.3 Å². The van der Waals surface area contributed by atoms with E-state index in [9.17, 15) is 5.11 Å². The Labute approximate surface area is 182 Å². The Morgan fingerprint density at radius 1 is 1.23 bits per heavy atom. The van der Waals surface area contributed by atoms with Crippen LogP contribution in [0.2, 0.25) is 0 Å². The highest BCUT2D eigenvalue weighted by molar-refractivity contribution is 6.21. The van der Waals surface area contributed by atoms with Crippen LogP contribution in [0.15, 0.2) is 24.5 Å². The van der Waals surface area contributed by atoms with E-state index < -0.39 is 6.10 Å². The number of nitrogens with one attached hydrogen (secondary N) is 1. The molecular formula is C24H29ClN4O. The molecule has 2 fully saturated rings. The fourth-order valence-electron chi connectivity index (χ4n) is 5.96. The van der Waals surface area contributed by atoms with Gasteiger partial charge in [-0.05, 0) is 74.2 Å². The van der Waals surface area contributed by atoms with Crippen LogP contribution >= 0.6 is 11.6 Å². The summed E-state index contributed by atoms with van der Waals surface area (Å²) in [6, 6.07) is 6.89. The van der Waals surface area contributed by atoms with Crippen LogP contribution in [0.1, 0.15) is 78.8 Å². The summed E-state index contributed by atoms with van der Waals surface area (Å²) < 4.78 is 0. The van der Waals surface area contributed by atoms with E-state index in [4.69, 9.17) is 16.6 Å². The average Bonchev–Trinajstić information content (AvgIpc) is 3.52. The van der Waals surface area contributed by atoms with Crippen LogP contribution in [0.5, 0.6) is 0 Å². The lowest BCUT2D eigenvalue weighted by Gasteiger charge is -2.35. The van der Waals surface area contributed by atoms with Crippen molar-refractivity contribution >= 4 is 23.1 Å². The molecule has 6 heteroatoms. The van der Waals surface area contributed by atoms with Gasteiger partial charge in [0.05, 0.1) is 17.2 Å². The van der Waals surface area contributed by atoms with E-state index in [1.54, 1.807) is 6.33 Å².